The first-order valence-electron chi connectivity index (χ1n) is 11.0. The molecule has 0 aliphatic carbocycles. The first kappa shape index (κ1) is 22.1. The molecule has 4 rings (SSSR count). The van der Waals surface area contributed by atoms with E-state index in [9.17, 15) is 8.78 Å². The van der Waals surface area contributed by atoms with Crippen LogP contribution in [0.15, 0.2) is 97.1 Å². The van der Waals surface area contributed by atoms with E-state index >= 15 is 0 Å². The highest BCUT2D eigenvalue weighted by Gasteiger charge is 2.26. The second-order valence-corrected chi connectivity index (χ2v) is 8.04. The number of hydrogen-bond acceptors (Lipinski definition) is 2. The number of piperazine rings is 1. The van der Waals surface area contributed by atoms with Crippen LogP contribution < -0.4 is 0 Å². The summed E-state index contributed by atoms with van der Waals surface area (Å²) in [4.78, 5) is 4.83. The summed E-state index contributed by atoms with van der Waals surface area (Å²) in [6, 6.07) is 23.6. The largest absolute Gasteiger partial charge is 0.297 e. The van der Waals surface area contributed by atoms with Crippen LogP contribution in [-0.4, -0.2) is 42.5 Å². The molecule has 0 aromatic heterocycles. The first-order chi connectivity index (χ1) is 15.7. The lowest BCUT2D eigenvalue weighted by atomic mass is 9.96. The highest BCUT2D eigenvalue weighted by atomic mass is 19.1. The third-order valence-corrected chi connectivity index (χ3v) is 5.84. The summed E-state index contributed by atoms with van der Waals surface area (Å²) in [5, 5.41) is 0. The van der Waals surface area contributed by atoms with E-state index in [1.54, 1.807) is 0 Å². The van der Waals surface area contributed by atoms with E-state index in [1.165, 1.54) is 29.8 Å². The van der Waals surface area contributed by atoms with E-state index < -0.39 is 0 Å². The van der Waals surface area contributed by atoms with Crippen LogP contribution >= 0.6 is 0 Å². The molecule has 1 aliphatic rings. The molecule has 0 saturated carbocycles. The molecule has 0 unspecified atom stereocenters. The van der Waals surface area contributed by atoms with Gasteiger partial charge in [0.1, 0.15) is 11.6 Å². The second kappa shape index (κ2) is 11.0. The molecule has 0 radical (unpaired) electrons. The van der Waals surface area contributed by atoms with Crippen molar-refractivity contribution in [2.75, 3.05) is 32.7 Å². The van der Waals surface area contributed by atoms with Crippen molar-refractivity contribution in [1.82, 2.24) is 9.80 Å². The smallest absolute Gasteiger partial charge is 0.123 e. The number of nitrogens with zero attached hydrogens (tertiary/aromatic N) is 2. The molecule has 32 heavy (non-hydrogen) atoms. The lowest BCUT2D eigenvalue weighted by molar-refractivity contribution is 0.117. The summed E-state index contributed by atoms with van der Waals surface area (Å²) in [6.45, 7) is 4.60. The molecule has 164 valence electrons. The van der Waals surface area contributed by atoms with Gasteiger partial charge in [-0.15, -0.1) is 0 Å². The Kier molecular flexibility index (Phi) is 7.59. The summed E-state index contributed by atoms with van der Waals surface area (Å²) >= 11 is 0. The molecule has 0 bridgehead atoms. The molecule has 3 aromatic carbocycles. The molecule has 1 aliphatic heterocycles. The number of allylic oxidation sites excluding steroid dienone is 2. The summed E-state index contributed by atoms with van der Waals surface area (Å²) < 4.78 is 27.0. The quantitative estimate of drug-likeness (QED) is 0.428. The average Bonchev–Trinajstić information content (AvgIpc) is 2.83. The van der Waals surface area contributed by atoms with Gasteiger partial charge in [-0.05, 0) is 41.0 Å². The third kappa shape index (κ3) is 6.00. The molecular weight excluding hydrogens is 402 g/mol. The van der Waals surface area contributed by atoms with Gasteiger partial charge in [0.2, 0.25) is 0 Å². The molecule has 2 nitrogen and oxygen atoms in total. The summed E-state index contributed by atoms with van der Waals surface area (Å²) in [6.07, 6.45) is 8.46. The summed E-state index contributed by atoms with van der Waals surface area (Å²) in [5.74, 6) is -0.492. The molecule has 0 N–H and O–H groups in total. The predicted octanol–water partition coefficient (Wildman–Crippen LogP) is 5.94. The molecule has 0 amide bonds. The minimum Gasteiger partial charge on any atom is -0.297 e. The van der Waals surface area contributed by atoms with Crippen molar-refractivity contribution in [3.8, 4) is 0 Å². The van der Waals surface area contributed by atoms with Crippen molar-refractivity contribution >= 4 is 6.08 Å². The number of rotatable bonds is 7. The number of hydrogen-bond donors (Lipinski definition) is 0. The maximum absolute atomic E-state index is 13.5. The van der Waals surface area contributed by atoms with Gasteiger partial charge in [0.25, 0.3) is 0 Å². The van der Waals surface area contributed by atoms with Crippen molar-refractivity contribution in [2.24, 2.45) is 0 Å². The van der Waals surface area contributed by atoms with Crippen LogP contribution in [0.25, 0.3) is 6.08 Å². The van der Waals surface area contributed by atoms with E-state index in [0.717, 1.165) is 43.9 Å². The highest BCUT2D eigenvalue weighted by molar-refractivity contribution is 5.50. The predicted molar refractivity (Wildman–Crippen MR) is 127 cm³/mol. The van der Waals surface area contributed by atoms with Gasteiger partial charge < -0.3 is 0 Å². The third-order valence-electron chi connectivity index (χ3n) is 5.84. The van der Waals surface area contributed by atoms with E-state index in [0.29, 0.717) is 0 Å². The van der Waals surface area contributed by atoms with Crippen molar-refractivity contribution in [2.45, 2.75) is 6.04 Å². The zero-order chi connectivity index (χ0) is 22.2. The topological polar surface area (TPSA) is 6.48 Å². The van der Waals surface area contributed by atoms with Crippen LogP contribution in [0.5, 0.6) is 0 Å². The van der Waals surface area contributed by atoms with Crippen LogP contribution in [-0.2, 0) is 0 Å². The molecule has 0 spiro atoms. The Morgan fingerprint density at radius 1 is 0.688 bits per heavy atom. The molecule has 1 saturated heterocycles. The Morgan fingerprint density at radius 2 is 1.25 bits per heavy atom. The van der Waals surface area contributed by atoms with Crippen molar-refractivity contribution in [3.05, 3.63) is 125 Å². The average molecular weight is 431 g/mol. The lowest BCUT2D eigenvalue weighted by Crippen LogP contribution is -2.47. The Labute approximate surface area is 189 Å². The Hall–Kier alpha value is -3.08. The van der Waals surface area contributed by atoms with E-state index in [1.807, 2.05) is 42.5 Å². The minimum atomic E-state index is -0.246. The number of halogens is 2. The normalized spacial score (nSPS) is 15.8. The van der Waals surface area contributed by atoms with Gasteiger partial charge in [-0.2, -0.15) is 0 Å². The highest BCUT2D eigenvalue weighted by Crippen LogP contribution is 2.30. The van der Waals surface area contributed by atoms with Crippen LogP contribution in [0.3, 0.4) is 0 Å². The van der Waals surface area contributed by atoms with Crippen molar-refractivity contribution < 1.29 is 8.78 Å². The zero-order valence-electron chi connectivity index (χ0n) is 18.1. The van der Waals surface area contributed by atoms with Gasteiger partial charge in [0.15, 0.2) is 0 Å². The van der Waals surface area contributed by atoms with Gasteiger partial charge in [0, 0.05) is 32.7 Å². The van der Waals surface area contributed by atoms with E-state index in [-0.39, 0.29) is 17.7 Å². The molecule has 1 heterocycles. The maximum Gasteiger partial charge on any atom is 0.123 e. The Morgan fingerprint density at radius 3 is 1.81 bits per heavy atom. The van der Waals surface area contributed by atoms with E-state index in [2.05, 4.69) is 46.2 Å². The Bertz CT molecular complexity index is 974. The van der Waals surface area contributed by atoms with Crippen LogP contribution in [0.1, 0.15) is 22.7 Å². The van der Waals surface area contributed by atoms with Gasteiger partial charge in [-0.3, -0.25) is 9.80 Å². The SMILES string of the molecule is Fc1ccc(C(c2ccc(F)cc2)N2CCN(CC=CC=Cc3ccccc3)CC2)cc1. The van der Waals surface area contributed by atoms with Gasteiger partial charge >= 0.3 is 0 Å². The fourth-order valence-electron chi connectivity index (χ4n) is 4.13. The summed E-state index contributed by atoms with van der Waals surface area (Å²) in [7, 11) is 0. The van der Waals surface area contributed by atoms with E-state index in [4.69, 9.17) is 0 Å². The van der Waals surface area contributed by atoms with Crippen LogP contribution in [0, 0.1) is 11.6 Å². The van der Waals surface area contributed by atoms with Crippen LogP contribution in [0.2, 0.25) is 0 Å². The van der Waals surface area contributed by atoms with Crippen molar-refractivity contribution in [1.29, 1.82) is 0 Å². The zero-order valence-corrected chi connectivity index (χ0v) is 18.1. The van der Waals surface area contributed by atoms with Crippen molar-refractivity contribution in [3.63, 3.8) is 0 Å². The van der Waals surface area contributed by atoms with Gasteiger partial charge in [-0.1, -0.05) is 78.9 Å². The molecular formula is C28H28F2N2. The first-order valence-corrected chi connectivity index (χ1v) is 11.0. The van der Waals surface area contributed by atoms with Gasteiger partial charge in [-0.25, -0.2) is 8.78 Å². The second-order valence-electron chi connectivity index (χ2n) is 8.04. The fraction of sp³-hybridized carbons (Fsp3) is 0.214. The standard InChI is InChI=1S/C28H28F2N2/c29-26-14-10-24(11-15-26)28(25-12-16-27(30)17-13-25)32-21-19-31(20-22-32)18-6-2-5-9-23-7-3-1-4-8-23/h1-17,28H,18-22H2. The molecule has 1 fully saturated rings. The Balaban J connectivity index is 1.37. The molecule has 0 atom stereocenters. The fourth-order valence-corrected chi connectivity index (χ4v) is 4.13. The summed E-state index contributed by atoms with van der Waals surface area (Å²) in [5.41, 5.74) is 3.24. The molecule has 3 aromatic rings. The maximum atomic E-state index is 13.5. The number of benzene rings is 3. The minimum absolute atomic E-state index is 0.0114. The monoisotopic (exact) mass is 430 g/mol. The lowest BCUT2D eigenvalue weighted by Gasteiger charge is -2.39. The van der Waals surface area contributed by atoms with Crippen LogP contribution in [0.4, 0.5) is 8.78 Å². The van der Waals surface area contributed by atoms with Gasteiger partial charge in [0.05, 0.1) is 6.04 Å². The molecule has 4 heteroatoms.